The van der Waals surface area contributed by atoms with E-state index in [9.17, 15) is 4.79 Å². The summed E-state index contributed by atoms with van der Waals surface area (Å²) in [7, 11) is 0. The summed E-state index contributed by atoms with van der Waals surface area (Å²) in [5.74, 6) is -0.291. The van der Waals surface area contributed by atoms with Crippen LogP contribution in [0, 0.1) is 0 Å². The number of benzene rings is 1. The van der Waals surface area contributed by atoms with Crippen LogP contribution in [-0.4, -0.2) is 11.0 Å². The van der Waals surface area contributed by atoms with Gasteiger partial charge in [0.05, 0.1) is 0 Å². The molecule has 1 aliphatic rings. The van der Waals surface area contributed by atoms with Crippen molar-refractivity contribution >= 4 is 52.5 Å². The molecular formula is C10H6Cl2N2OS. The Kier molecular flexibility index (Phi) is 3.14. The maximum Gasteiger partial charge on any atom is 0.273 e. The smallest absolute Gasteiger partial charge is 0.273 e. The van der Waals surface area contributed by atoms with Crippen molar-refractivity contribution < 1.29 is 4.79 Å². The molecular weight excluding hydrogens is 267 g/mol. The maximum atomic E-state index is 11.4. The van der Waals surface area contributed by atoms with Gasteiger partial charge in [-0.1, -0.05) is 29.3 Å². The second-order valence-electron chi connectivity index (χ2n) is 3.10. The topological polar surface area (TPSA) is 41.1 Å². The molecule has 1 saturated heterocycles. The maximum absolute atomic E-state index is 11.4. The summed E-state index contributed by atoms with van der Waals surface area (Å²) in [5.41, 5.74) is 0.924. The van der Waals surface area contributed by atoms with Crippen LogP contribution in [0.25, 0.3) is 6.08 Å². The van der Waals surface area contributed by atoms with Gasteiger partial charge in [0.1, 0.15) is 5.70 Å². The lowest BCUT2D eigenvalue weighted by Crippen LogP contribution is -2.21. The van der Waals surface area contributed by atoms with Gasteiger partial charge in [0, 0.05) is 15.6 Å². The van der Waals surface area contributed by atoms with Crippen molar-refractivity contribution in [1.82, 2.24) is 10.6 Å². The van der Waals surface area contributed by atoms with Gasteiger partial charge in [-0.25, -0.2) is 0 Å². The van der Waals surface area contributed by atoms with Crippen LogP contribution < -0.4 is 10.6 Å². The first kappa shape index (κ1) is 11.4. The Morgan fingerprint density at radius 2 is 1.81 bits per heavy atom. The van der Waals surface area contributed by atoms with Gasteiger partial charge in [0.15, 0.2) is 5.11 Å². The molecule has 1 aliphatic heterocycles. The van der Waals surface area contributed by atoms with Crippen molar-refractivity contribution in [3.63, 3.8) is 0 Å². The van der Waals surface area contributed by atoms with E-state index in [1.807, 2.05) is 0 Å². The normalized spacial score (nSPS) is 17.5. The number of halogens is 2. The molecule has 3 nitrogen and oxygen atoms in total. The van der Waals surface area contributed by atoms with Gasteiger partial charge in [-0.15, -0.1) is 0 Å². The van der Waals surface area contributed by atoms with E-state index in [0.717, 1.165) is 0 Å². The monoisotopic (exact) mass is 272 g/mol. The van der Waals surface area contributed by atoms with Crippen LogP contribution in [0.15, 0.2) is 23.9 Å². The third-order valence-electron chi connectivity index (χ3n) is 2.01. The lowest BCUT2D eigenvalue weighted by molar-refractivity contribution is -0.115. The van der Waals surface area contributed by atoms with Crippen LogP contribution in [0.5, 0.6) is 0 Å². The lowest BCUT2D eigenvalue weighted by Gasteiger charge is -2.02. The SMILES string of the molecule is O=C1NC(=S)N/C1=C/c1c(Cl)cccc1Cl. The Bertz CT molecular complexity index is 493. The highest BCUT2D eigenvalue weighted by atomic mass is 35.5. The third kappa shape index (κ3) is 2.19. The van der Waals surface area contributed by atoms with Crippen LogP contribution in [0.2, 0.25) is 10.0 Å². The molecule has 0 atom stereocenters. The summed E-state index contributed by atoms with van der Waals surface area (Å²) in [6, 6.07) is 5.13. The van der Waals surface area contributed by atoms with E-state index >= 15 is 0 Å². The highest BCUT2D eigenvalue weighted by Gasteiger charge is 2.20. The number of carbonyl (C=O) groups excluding carboxylic acids is 1. The molecule has 16 heavy (non-hydrogen) atoms. The number of thiocarbonyl (C=S) groups is 1. The van der Waals surface area contributed by atoms with E-state index in [2.05, 4.69) is 10.6 Å². The fourth-order valence-corrected chi connectivity index (χ4v) is 1.98. The second-order valence-corrected chi connectivity index (χ2v) is 4.32. The zero-order valence-corrected chi connectivity index (χ0v) is 10.2. The molecule has 0 saturated carbocycles. The summed E-state index contributed by atoms with van der Waals surface area (Å²) in [5, 5.41) is 6.41. The molecule has 0 spiro atoms. The Hall–Kier alpha value is -1.10. The first-order valence-corrected chi connectivity index (χ1v) is 5.52. The third-order valence-corrected chi connectivity index (χ3v) is 2.87. The van der Waals surface area contributed by atoms with Gasteiger partial charge in [-0.3, -0.25) is 10.1 Å². The van der Waals surface area contributed by atoms with Crippen LogP contribution in [-0.2, 0) is 4.79 Å². The van der Waals surface area contributed by atoms with Gasteiger partial charge in [-0.05, 0) is 30.4 Å². The van der Waals surface area contributed by atoms with Gasteiger partial charge >= 0.3 is 0 Å². The molecule has 82 valence electrons. The number of nitrogens with one attached hydrogen (secondary N) is 2. The van der Waals surface area contributed by atoms with Crippen LogP contribution in [0.4, 0.5) is 0 Å². The number of rotatable bonds is 1. The molecule has 0 bridgehead atoms. The molecule has 0 radical (unpaired) electrons. The Morgan fingerprint density at radius 1 is 1.19 bits per heavy atom. The standard InChI is InChI=1S/C10H6Cl2N2OS/c11-6-2-1-3-7(12)5(6)4-8-9(15)14-10(16)13-8/h1-4H,(H2,13,14,15,16)/b8-4+. The molecule has 1 aromatic rings. The molecule has 2 N–H and O–H groups in total. The fourth-order valence-electron chi connectivity index (χ4n) is 1.28. The average molecular weight is 273 g/mol. The van der Waals surface area contributed by atoms with Crippen molar-refractivity contribution in [2.24, 2.45) is 0 Å². The predicted octanol–water partition coefficient (Wildman–Crippen LogP) is 2.34. The molecule has 0 unspecified atom stereocenters. The van der Waals surface area contributed by atoms with E-state index in [1.54, 1.807) is 24.3 Å². The van der Waals surface area contributed by atoms with Crippen LogP contribution in [0.1, 0.15) is 5.56 Å². The summed E-state index contributed by atoms with van der Waals surface area (Å²) in [6.07, 6.45) is 1.57. The second kappa shape index (κ2) is 4.41. The Balaban J connectivity index is 2.44. The van der Waals surface area contributed by atoms with Crippen molar-refractivity contribution in [2.75, 3.05) is 0 Å². The van der Waals surface area contributed by atoms with Crippen molar-refractivity contribution in [2.45, 2.75) is 0 Å². The molecule has 0 aliphatic carbocycles. The first-order valence-electron chi connectivity index (χ1n) is 4.36. The van der Waals surface area contributed by atoms with Crippen LogP contribution in [0.3, 0.4) is 0 Å². The largest absolute Gasteiger partial charge is 0.328 e. The quantitative estimate of drug-likeness (QED) is 0.609. The summed E-state index contributed by atoms with van der Waals surface area (Å²) in [6.45, 7) is 0. The van der Waals surface area contributed by atoms with Crippen molar-refractivity contribution in [3.05, 3.63) is 39.5 Å². The van der Waals surface area contributed by atoms with Crippen LogP contribution >= 0.6 is 35.4 Å². The first-order chi connectivity index (χ1) is 7.58. The van der Waals surface area contributed by atoms with Gasteiger partial charge < -0.3 is 5.32 Å². The van der Waals surface area contributed by atoms with E-state index in [1.165, 1.54) is 0 Å². The Morgan fingerprint density at radius 3 is 2.31 bits per heavy atom. The highest BCUT2D eigenvalue weighted by Crippen LogP contribution is 2.26. The van der Waals surface area contributed by atoms with E-state index in [-0.39, 0.29) is 11.0 Å². The zero-order valence-electron chi connectivity index (χ0n) is 7.88. The summed E-state index contributed by atoms with van der Waals surface area (Å²) in [4.78, 5) is 11.4. The summed E-state index contributed by atoms with van der Waals surface area (Å²) < 4.78 is 0. The highest BCUT2D eigenvalue weighted by molar-refractivity contribution is 7.80. The molecule has 1 amide bonds. The molecule has 1 fully saturated rings. The van der Waals surface area contributed by atoms with E-state index < -0.39 is 0 Å². The molecule has 1 heterocycles. The number of hydrogen-bond donors (Lipinski definition) is 2. The number of amides is 1. The van der Waals surface area contributed by atoms with Gasteiger partial charge in [0.25, 0.3) is 5.91 Å². The predicted molar refractivity (Wildman–Crippen MR) is 68.3 cm³/mol. The minimum atomic E-state index is -0.291. The number of hydrogen-bond acceptors (Lipinski definition) is 2. The molecule has 6 heteroatoms. The Labute approximate surface area is 107 Å². The van der Waals surface area contributed by atoms with Gasteiger partial charge in [0.2, 0.25) is 0 Å². The molecule has 1 aromatic carbocycles. The molecule has 0 aromatic heterocycles. The zero-order chi connectivity index (χ0) is 11.7. The summed E-state index contributed by atoms with van der Waals surface area (Å²) >= 11 is 16.7. The van der Waals surface area contributed by atoms with Crippen molar-refractivity contribution in [1.29, 1.82) is 0 Å². The van der Waals surface area contributed by atoms with E-state index in [0.29, 0.717) is 21.3 Å². The lowest BCUT2D eigenvalue weighted by atomic mass is 10.2. The van der Waals surface area contributed by atoms with Crippen molar-refractivity contribution in [3.8, 4) is 0 Å². The van der Waals surface area contributed by atoms with E-state index in [4.69, 9.17) is 35.4 Å². The average Bonchev–Trinajstić information content (AvgIpc) is 2.51. The van der Waals surface area contributed by atoms with Gasteiger partial charge in [-0.2, -0.15) is 0 Å². The number of carbonyl (C=O) groups is 1. The molecule has 2 rings (SSSR count). The minimum absolute atomic E-state index is 0.277. The minimum Gasteiger partial charge on any atom is -0.328 e. The fraction of sp³-hybridized carbons (Fsp3) is 0.